The van der Waals surface area contributed by atoms with Crippen molar-refractivity contribution in [2.24, 2.45) is 0 Å². The number of thiophene rings is 1. The number of carboxylic acids is 1. The molecule has 4 heteroatoms. The number of aromatic carboxylic acids is 1. The van der Waals surface area contributed by atoms with Crippen LogP contribution in [-0.4, -0.2) is 11.1 Å². The molecular formula is C11H9NO2S. The second-order valence-electron chi connectivity index (χ2n) is 3.08. The van der Waals surface area contributed by atoms with Crippen LogP contribution in [0.1, 0.15) is 10.4 Å². The van der Waals surface area contributed by atoms with Gasteiger partial charge in [-0.05, 0) is 29.1 Å². The SMILES string of the molecule is Nc1ccc(-c2cccs2)cc1C(=O)O. The maximum atomic E-state index is 10.9. The first-order valence-electron chi connectivity index (χ1n) is 4.35. The fourth-order valence-corrected chi connectivity index (χ4v) is 2.06. The molecule has 3 nitrogen and oxygen atoms in total. The van der Waals surface area contributed by atoms with Crippen LogP contribution >= 0.6 is 11.3 Å². The van der Waals surface area contributed by atoms with Gasteiger partial charge in [0.2, 0.25) is 0 Å². The van der Waals surface area contributed by atoms with Crippen molar-refractivity contribution in [1.82, 2.24) is 0 Å². The average molecular weight is 219 g/mol. The molecule has 0 spiro atoms. The zero-order valence-corrected chi connectivity index (χ0v) is 8.62. The summed E-state index contributed by atoms with van der Waals surface area (Å²) >= 11 is 1.57. The van der Waals surface area contributed by atoms with Crippen LogP contribution in [0.15, 0.2) is 35.7 Å². The molecule has 0 fully saturated rings. The van der Waals surface area contributed by atoms with E-state index in [1.54, 1.807) is 23.5 Å². The van der Waals surface area contributed by atoms with Crippen LogP contribution in [-0.2, 0) is 0 Å². The van der Waals surface area contributed by atoms with Crippen molar-refractivity contribution in [3.05, 3.63) is 41.3 Å². The lowest BCUT2D eigenvalue weighted by molar-refractivity contribution is 0.0698. The molecular weight excluding hydrogens is 210 g/mol. The van der Waals surface area contributed by atoms with Crippen molar-refractivity contribution < 1.29 is 9.90 Å². The molecule has 1 aromatic carbocycles. The fraction of sp³-hybridized carbons (Fsp3) is 0. The Kier molecular flexibility index (Phi) is 2.43. The summed E-state index contributed by atoms with van der Waals surface area (Å²) in [7, 11) is 0. The van der Waals surface area contributed by atoms with E-state index in [0.717, 1.165) is 10.4 Å². The van der Waals surface area contributed by atoms with E-state index in [1.807, 2.05) is 23.6 Å². The summed E-state index contributed by atoms with van der Waals surface area (Å²) in [5, 5.41) is 10.9. The second-order valence-corrected chi connectivity index (χ2v) is 4.03. The maximum absolute atomic E-state index is 10.9. The number of anilines is 1. The summed E-state index contributed by atoms with van der Waals surface area (Å²) in [6, 6.07) is 8.92. The second kappa shape index (κ2) is 3.74. The zero-order valence-electron chi connectivity index (χ0n) is 7.81. The first-order valence-corrected chi connectivity index (χ1v) is 5.23. The fourth-order valence-electron chi connectivity index (χ4n) is 1.34. The molecule has 0 saturated carbocycles. The summed E-state index contributed by atoms with van der Waals surface area (Å²) < 4.78 is 0. The molecule has 0 amide bonds. The van der Waals surface area contributed by atoms with Crippen LogP contribution in [0.25, 0.3) is 10.4 Å². The van der Waals surface area contributed by atoms with Crippen LogP contribution in [0, 0.1) is 0 Å². The number of benzene rings is 1. The molecule has 0 atom stereocenters. The number of hydrogen-bond acceptors (Lipinski definition) is 3. The highest BCUT2D eigenvalue weighted by atomic mass is 32.1. The van der Waals surface area contributed by atoms with Gasteiger partial charge in [0.05, 0.1) is 5.56 Å². The molecule has 15 heavy (non-hydrogen) atoms. The van der Waals surface area contributed by atoms with Crippen molar-refractivity contribution in [3.8, 4) is 10.4 Å². The molecule has 1 heterocycles. The van der Waals surface area contributed by atoms with Crippen molar-refractivity contribution >= 4 is 23.0 Å². The van der Waals surface area contributed by atoms with E-state index in [2.05, 4.69) is 0 Å². The van der Waals surface area contributed by atoms with Crippen molar-refractivity contribution in [2.75, 3.05) is 5.73 Å². The normalized spacial score (nSPS) is 10.1. The number of carbonyl (C=O) groups is 1. The number of nitrogens with two attached hydrogens (primary N) is 1. The first-order chi connectivity index (χ1) is 7.18. The molecule has 0 aliphatic heterocycles. The molecule has 3 N–H and O–H groups in total. The molecule has 76 valence electrons. The third kappa shape index (κ3) is 1.85. The number of carboxylic acid groups (broad SMARTS) is 1. The minimum Gasteiger partial charge on any atom is -0.478 e. The van der Waals surface area contributed by atoms with E-state index >= 15 is 0 Å². The summed E-state index contributed by atoms with van der Waals surface area (Å²) in [6.45, 7) is 0. The van der Waals surface area contributed by atoms with Gasteiger partial charge in [0.15, 0.2) is 0 Å². The molecule has 0 bridgehead atoms. The minimum absolute atomic E-state index is 0.154. The van der Waals surface area contributed by atoms with Gasteiger partial charge in [-0.3, -0.25) is 0 Å². The Morgan fingerprint density at radius 1 is 1.33 bits per heavy atom. The van der Waals surface area contributed by atoms with E-state index in [0.29, 0.717) is 5.69 Å². The first kappa shape index (κ1) is 9.73. The van der Waals surface area contributed by atoms with Gasteiger partial charge in [0.25, 0.3) is 0 Å². The standard InChI is InChI=1S/C11H9NO2S/c12-9-4-3-7(6-8(9)11(13)14)10-2-1-5-15-10/h1-6H,12H2,(H,13,14). The predicted octanol–water partition coefficient (Wildman–Crippen LogP) is 2.70. The van der Waals surface area contributed by atoms with E-state index in [9.17, 15) is 4.79 Å². The summed E-state index contributed by atoms with van der Waals surface area (Å²) in [4.78, 5) is 11.9. The van der Waals surface area contributed by atoms with Crippen LogP contribution in [0.4, 0.5) is 5.69 Å². The maximum Gasteiger partial charge on any atom is 0.337 e. The summed E-state index contributed by atoms with van der Waals surface area (Å²) in [5.41, 5.74) is 6.90. The van der Waals surface area contributed by atoms with Gasteiger partial charge >= 0.3 is 5.97 Å². The third-order valence-corrected chi connectivity index (χ3v) is 3.01. The third-order valence-electron chi connectivity index (χ3n) is 2.09. The Balaban J connectivity index is 2.52. The van der Waals surface area contributed by atoms with Gasteiger partial charge in [-0.2, -0.15) is 0 Å². The van der Waals surface area contributed by atoms with Gasteiger partial charge in [-0.15, -0.1) is 11.3 Å². The Bertz CT molecular complexity index is 491. The van der Waals surface area contributed by atoms with Crippen molar-refractivity contribution in [1.29, 1.82) is 0 Å². The quantitative estimate of drug-likeness (QED) is 0.763. The van der Waals surface area contributed by atoms with E-state index < -0.39 is 5.97 Å². The summed E-state index contributed by atoms with van der Waals surface area (Å²) in [6.07, 6.45) is 0. The largest absolute Gasteiger partial charge is 0.478 e. The minimum atomic E-state index is -0.995. The van der Waals surface area contributed by atoms with Gasteiger partial charge in [0, 0.05) is 10.6 Å². The topological polar surface area (TPSA) is 63.3 Å². The Hall–Kier alpha value is -1.81. The summed E-state index contributed by atoms with van der Waals surface area (Å²) in [5.74, 6) is -0.995. The highest BCUT2D eigenvalue weighted by molar-refractivity contribution is 7.13. The monoisotopic (exact) mass is 219 g/mol. The molecule has 1 aromatic heterocycles. The number of rotatable bonds is 2. The van der Waals surface area contributed by atoms with E-state index in [4.69, 9.17) is 10.8 Å². The van der Waals surface area contributed by atoms with Gasteiger partial charge in [0.1, 0.15) is 0 Å². The molecule has 0 unspecified atom stereocenters. The van der Waals surface area contributed by atoms with Gasteiger partial charge < -0.3 is 10.8 Å². The molecule has 2 aromatic rings. The van der Waals surface area contributed by atoms with E-state index in [-0.39, 0.29) is 5.56 Å². The smallest absolute Gasteiger partial charge is 0.337 e. The predicted molar refractivity (Wildman–Crippen MR) is 61.1 cm³/mol. The van der Waals surface area contributed by atoms with Crippen LogP contribution < -0.4 is 5.73 Å². The van der Waals surface area contributed by atoms with Crippen molar-refractivity contribution in [3.63, 3.8) is 0 Å². The molecule has 2 rings (SSSR count). The molecule has 0 aliphatic carbocycles. The van der Waals surface area contributed by atoms with Crippen LogP contribution in [0.5, 0.6) is 0 Å². The molecule has 0 radical (unpaired) electrons. The van der Waals surface area contributed by atoms with E-state index in [1.165, 1.54) is 0 Å². The van der Waals surface area contributed by atoms with Gasteiger partial charge in [-0.25, -0.2) is 4.79 Å². The number of nitrogen functional groups attached to an aromatic ring is 1. The lowest BCUT2D eigenvalue weighted by Crippen LogP contribution is -2.01. The average Bonchev–Trinajstić information content (AvgIpc) is 2.71. The zero-order chi connectivity index (χ0) is 10.8. The lowest BCUT2D eigenvalue weighted by Gasteiger charge is -2.03. The molecule has 0 aliphatic rings. The van der Waals surface area contributed by atoms with Crippen LogP contribution in [0.3, 0.4) is 0 Å². The van der Waals surface area contributed by atoms with Gasteiger partial charge in [-0.1, -0.05) is 12.1 Å². The van der Waals surface area contributed by atoms with Crippen molar-refractivity contribution in [2.45, 2.75) is 0 Å². The number of hydrogen-bond donors (Lipinski definition) is 2. The molecule has 0 saturated heterocycles. The Morgan fingerprint density at radius 3 is 2.73 bits per heavy atom. The Morgan fingerprint density at radius 2 is 2.13 bits per heavy atom. The highest BCUT2D eigenvalue weighted by Gasteiger charge is 2.09. The van der Waals surface area contributed by atoms with Crippen LogP contribution in [0.2, 0.25) is 0 Å². The highest BCUT2D eigenvalue weighted by Crippen LogP contribution is 2.27. The lowest BCUT2D eigenvalue weighted by atomic mass is 10.1. The Labute approximate surface area is 90.8 Å².